The first kappa shape index (κ1) is 22.0. The van der Waals surface area contributed by atoms with Crippen molar-refractivity contribution in [3.63, 3.8) is 0 Å². The number of carbonyl (C=O) groups is 1. The maximum Gasteiger partial charge on any atom is 0.338 e. The van der Waals surface area contributed by atoms with E-state index in [0.717, 1.165) is 25.2 Å². The summed E-state index contributed by atoms with van der Waals surface area (Å²) in [4.78, 5) is 31.2. The Kier molecular flexibility index (Phi) is 8.10. The average Bonchev–Trinajstić information content (AvgIpc) is 3.18. The van der Waals surface area contributed by atoms with Crippen LogP contribution in [0.3, 0.4) is 0 Å². The van der Waals surface area contributed by atoms with Crippen LogP contribution in [0.4, 0.5) is 5.69 Å². The summed E-state index contributed by atoms with van der Waals surface area (Å²) in [5, 5.41) is 15.5. The number of aliphatic imine (C=N–C) groups is 1. The molecular formula is C19H28N4O4S. The Morgan fingerprint density at radius 2 is 2.14 bits per heavy atom. The van der Waals surface area contributed by atoms with Gasteiger partial charge in [0, 0.05) is 36.7 Å². The van der Waals surface area contributed by atoms with Crippen LogP contribution in [-0.2, 0) is 4.79 Å². The molecular weight excluding hydrogens is 380 g/mol. The zero-order valence-corrected chi connectivity index (χ0v) is 17.6. The molecule has 1 unspecified atom stereocenters. The molecule has 154 valence electrons. The monoisotopic (exact) mass is 408 g/mol. The molecule has 1 aromatic heterocycles. The van der Waals surface area contributed by atoms with Crippen molar-refractivity contribution in [1.29, 1.82) is 0 Å². The van der Waals surface area contributed by atoms with Gasteiger partial charge in [-0.05, 0) is 27.2 Å². The SMILES string of the molecule is CCC[C@@H](NC(=O)C1CSC(/C(C)=N/O)=N1)c1cc(N(CC)CC)cc(=O)o1. The van der Waals surface area contributed by atoms with E-state index in [-0.39, 0.29) is 5.91 Å². The number of hydrogen-bond donors (Lipinski definition) is 2. The fraction of sp³-hybridized carbons (Fsp3) is 0.579. The van der Waals surface area contributed by atoms with Crippen LogP contribution in [0, 0.1) is 0 Å². The van der Waals surface area contributed by atoms with Crippen LogP contribution in [0.15, 0.2) is 31.5 Å². The van der Waals surface area contributed by atoms with Crippen molar-refractivity contribution in [3.8, 4) is 0 Å². The molecule has 9 heteroatoms. The predicted molar refractivity (Wildman–Crippen MR) is 113 cm³/mol. The van der Waals surface area contributed by atoms with Gasteiger partial charge in [0.05, 0.1) is 6.04 Å². The van der Waals surface area contributed by atoms with Gasteiger partial charge in [0.25, 0.3) is 0 Å². The van der Waals surface area contributed by atoms with Gasteiger partial charge in [0.15, 0.2) is 0 Å². The summed E-state index contributed by atoms with van der Waals surface area (Å²) in [6, 6.07) is 2.34. The van der Waals surface area contributed by atoms with Gasteiger partial charge in [0.2, 0.25) is 5.91 Å². The van der Waals surface area contributed by atoms with Gasteiger partial charge < -0.3 is 19.8 Å². The molecule has 8 nitrogen and oxygen atoms in total. The van der Waals surface area contributed by atoms with Gasteiger partial charge in [-0.3, -0.25) is 9.79 Å². The van der Waals surface area contributed by atoms with Gasteiger partial charge >= 0.3 is 5.63 Å². The Bertz CT molecular complexity index is 801. The molecule has 1 amide bonds. The Balaban J connectivity index is 2.23. The number of nitrogens with one attached hydrogen (secondary N) is 1. The van der Waals surface area contributed by atoms with E-state index in [0.29, 0.717) is 28.7 Å². The van der Waals surface area contributed by atoms with Crippen LogP contribution in [-0.4, -0.2) is 46.8 Å². The third-order valence-corrected chi connectivity index (χ3v) is 5.71. The molecule has 1 aromatic rings. The van der Waals surface area contributed by atoms with Crippen LogP contribution < -0.4 is 15.8 Å². The topological polar surface area (TPSA) is 107 Å². The summed E-state index contributed by atoms with van der Waals surface area (Å²) in [7, 11) is 0. The van der Waals surface area contributed by atoms with E-state index in [1.54, 1.807) is 6.92 Å². The Labute approximate surface area is 169 Å². The Hall–Kier alpha value is -2.29. The first-order valence-electron chi connectivity index (χ1n) is 9.53. The number of hydrogen-bond acceptors (Lipinski definition) is 8. The summed E-state index contributed by atoms with van der Waals surface area (Å²) in [6.07, 6.45) is 1.46. The second kappa shape index (κ2) is 10.3. The largest absolute Gasteiger partial charge is 0.426 e. The van der Waals surface area contributed by atoms with Crippen LogP contribution in [0.1, 0.15) is 52.3 Å². The summed E-state index contributed by atoms with van der Waals surface area (Å²) in [6.45, 7) is 9.23. The second-order valence-electron chi connectivity index (χ2n) is 6.51. The van der Waals surface area contributed by atoms with Gasteiger partial charge in [-0.15, -0.1) is 11.8 Å². The van der Waals surface area contributed by atoms with Crippen LogP contribution in [0.2, 0.25) is 0 Å². The third kappa shape index (κ3) is 5.37. The smallest absolute Gasteiger partial charge is 0.338 e. The van der Waals surface area contributed by atoms with Crippen LogP contribution in [0.25, 0.3) is 0 Å². The van der Waals surface area contributed by atoms with E-state index >= 15 is 0 Å². The van der Waals surface area contributed by atoms with Crippen molar-refractivity contribution in [3.05, 3.63) is 28.3 Å². The van der Waals surface area contributed by atoms with Crippen LogP contribution >= 0.6 is 11.8 Å². The molecule has 0 aliphatic carbocycles. The predicted octanol–water partition coefficient (Wildman–Crippen LogP) is 2.81. The Morgan fingerprint density at radius 1 is 1.43 bits per heavy atom. The van der Waals surface area contributed by atoms with Crippen molar-refractivity contribution in [2.75, 3.05) is 23.7 Å². The molecule has 0 saturated heterocycles. The van der Waals surface area contributed by atoms with Gasteiger partial charge in [-0.25, -0.2) is 4.79 Å². The van der Waals surface area contributed by atoms with Crippen molar-refractivity contribution in [1.82, 2.24) is 5.32 Å². The van der Waals surface area contributed by atoms with E-state index in [2.05, 4.69) is 20.4 Å². The minimum atomic E-state index is -0.561. The first-order valence-corrected chi connectivity index (χ1v) is 10.5. The molecule has 2 heterocycles. The second-order valence-corrected chi connectivity index (χ2v) is 7.51. The maximum absolute atomic E-state index is 12.7. The molecule has 0 bridgehead atoms. The maximum atomic E-state index is 12.7. The number of rotatable bonds is 9. The lowest BCUT2D eigenvalue weighted by Gasteiger charge is -2.23. The molecule has 2 rings (SSSR count). The highest BCUT2D eigenvalue weighted by atomic mass is 32.2. The fourth-order valence-corrected chi connectivity index (χ4v) is 4.01. The van der Waals surface area contributed by atoms with E-state index in [1.165, 1.54) is 17.8 Å². The molecule has 2 atom stereocenters. The molecule has 28 heavy (non-hydrogen) atoms. The number of carbonyl (C=O) groups excluding carboxylic acids is 1. The van der Waals surface area contributed by atoms with Crippen molar-refractivity contribution >= 4 is 34.1 Å². The highest BCUT2D eigenvalue weighted by Gasteiger charge is 2.29. The number of oxime groups is 1. The summed E-state index contributed by atoms with van der Waals surface area (Å²) < 4.78 is 5.42. The molecule has 2 N–H and O–H groups in total. The van der Waals surface area contributed by atoms with Crippen molar-refractivity contribution in [2.45, 2.75) is 52.6 Å². The van der Waals surface area contributed by atoms with Gasteiger partial charge in [0.1, 0.15) is 22.6 Å². The van der Waals surface area contributed by atoms with Crippen molar-refractivity contribution in [2.24, 2.45) is 10.1 Å². The Morgan fingerprint density at radius 3 is 2.75 bits per heavy atom. The quantitative estimate of drug-likeness (QED) is 0.370. The van der Waals surface area contributed by atoms with Gasteiger partial charge in [-0.2, -0.15) is 0 Å². The zero-order chi connectivity index (χ0) is 20.7. The lowest BCUT2D eigenvalue weighted by molar-refractivity contribution is -0.122. The molecule has 1 aliphatic heterocycles. The minimum Gasteiger partial charge on any atom is -0.426 e. The van der Waals surface area contributed by atoms with Crippen molar-refractivity contribution < 1.29 is 14.4 Å². The van der Waals surface area contributed by atoms with Gasteiger partial charge in [-0.1, -0.05) is 18.5 Å². The van der Waals surface area contributed by atoms with E-state index in [4.69, 9.17) is 9.62 Å². The number of anilines is 1. The standard InChI is InChI=1S/C19H28N4O4S/c1-5-8-14(16-9-13(10-17(24)27-16)23(6-2)7-3)20-18(25)15-11-28-19(21-15)12(4)22-26/h9-10,14-15,26H,5-8,11H2,1-4H3,(H,20,25)/b22-12+/t14-,15?/m1/s1. The number of thioether (sulfide) groups is 1. The molecule has 1 aliphatic rings. The summed E-state index contributed by atoms with van der Waals surface area (Å²) >= 11 is 1.38. The highest BCUT2D eigenvalue weighted by Crippen LogP contribution is 2.24. The average molecular weight is 409 g/mol. The van der Waals surface area contributed by atoms with E-state index in [9.17, 15) is 9.59 Å². The highest BCUT2D eigenvalue weighted by molar-refractivity contribution is 8.16. The molecule has 0 fully saturated rings. The minimum absolute atomic E-state index is 0.234. The molecule has 0 spiro atoms. The lowest BCUT2D eigenvalue weighted by atomic mass is 10.1. The summed E-state index contributed by atoms with van der Waals surface area (Å²) in [5.74, 6) is 0.700. The molecule has 0 saturated carbocycles. The fourth-order valence-electron chi connectivity index (χ4n) is 3.02. The summed E-state index contributed by atoms with van der Waals surface area (Å²) in [5.41, 5.74) is 0.753. The number of nitrogens with zero attached hydrogens (tertiary/aromatic N) is 3. The zero-order valence-electron chi connectivity index (χ0n) is 16.8. The number of amides is 1. The molecule has 0 aromatic carbocycles. The van der Waals surface area contributed by atoms with E-state index < -0.39 is 17.7 Å². The lowest BCUT2D eigenvalue weighted by Crippen LogP contribution is -2.37. The van der Waals surface area contributed by atoms with Crippen LogP contribution in [0.5, 0.6) is 0 Å². The molecule has 0 radical (unpaired) electrons. The van der Waals surface area contributed by atoms with E-state index in [1.807, 2.05) is 26.8 Å². The first-order chi connectivity index (χ1) is 13.4. The normalized spacial score (nSPS) is 17.9. The third-order valence-electron chi connectivity index (χ3n) is 4.55.